The third kappa shape index (κ3) is 2.35. The summed E-state index contributed by atoms with van der Waals surface area (Å²) in [6.45, 7) is 7.13. The van der Waals surface area contributed by atoms with Crippen LogP contribution in [0.1, 0.15) is 31.7 Å². The summed E-state index contributed by atoms with van der Waals surface area (Å²) in [5.41, 5.74) is 0.275. The fraction of sp³-hybridized carbons (Fsp3) is 0.333. The molecule has 1 aromatic carbocycles. The van der Waals surface area contributed by atoms with Gasteiger partial charge in [-0.3, -0.25) is 0 Å². The van der Waals surface area contributed by atoms with Gasteiger partial charge in [-0.1, -0.05) is 20.4 Å². The Balaban J connectivity index is 3.27. The lowest BCUT2D eigenvalue weighted by molar-refractivity contribution is 0.438. The molecule has 1 nitrogen and oxygen atoms in total. The largest absolute Gasteiger partial charge is 0.465 e. The highest BCUT2D eigenvalue weighted by atomic mass is 19.2. The van der Waals surface area contributed by atoms with Crippen LogP contribution in [0.25, 0.3) is 0 Å². The molecule has 0 fully saturated rings. The van der Waals surface area contributed by atoms with Crippen LogP contribution >= 0.6 is 0 Å². The Bertz CT molecular complexity index is 361. The SMILES string of the molecule is C=COc1ccc(F)c(F)c1C(C)CC. The van der Waals surface area contributed by atoms with Gasteiger partial charge in [-0.15, -0.1) is 0 Å². The number of ether oxygens (including phenoxy) is 1. The van der Waals surface area contributed by atoms with Crippen molar-refractivity contribution in [3.05, 3.63) is 42.2 Å². The first kappa shape index (κ1) is 11.7. The summed E-state index contributed by atoms with van der Waals surface area (Å²) in [6.07, 6.45) is 1.92. The molecule has 0 N–H and O–H groups in total. The Labute approximate surface area is 88.4 Å². The van der Waals surface area contributed by atoms with E-state index in [1.54, 1.807) is 0 Å². The molecule has 0 spiro atoms. The van der Waals surface area contributed by atoms with Crippen LogP contribution in [0.15, 0.2) is 25.0 Å². The quantitative estimate of drug-likeness (QED) is 0.685. The van der Waals surface area contributed by atoms with E-state index in [4.69, 9.17) is 4.74 Å². The van der Waals surface area contributed by atoms with E-state index >= 15 is 0 Å². The molecule has 1 unspecified atom stereocenters. The normalized spacial score (nSPS) is 12.3. The van der Waals surface area contributed by atoms with Gasteiger partial charge in [0.15, 0.2) is 11.6 Å². The lowest BCUT2D eigenvalue weighted by Crippen LogP contribution is -2.02. The molecule has 1 atom stereocenters. The van der Waals surface area contributed by atoms with E-state index in [0.29, 0.717) is 12.2 Å². The van der Waals surface area contributed by atoms with E-state index in [-0.39, 0.29) is 11.5 Å². The van der Waals surface area contributed by atoms with Crippen LogP contribution in [0, 0.1) is 11.6 Å². The summed E-state index contributed by atoms with van der Waals surface area (Å²) in [5, 5.41) is 0. The monoisotopic (exact) mass is 212 g/mol. The molecular weight excluding hydrogens is 198 g/mol. The molecule has 0 aromatic heterocycles. The molecule has 0 heterocycles. The molecule has 0 amide bonds. The molecular formula is C12H14F2O. The lowest BCUT2D eigenvalue weighted by Gasteiger charge is -2.15. The van der Waals surface area contributed by atoms with Gasteiger partial charge >= 0.3 is 0 Å². The van der Waals surface area contributed by atoms with Crippen molar-refractivity contribution >= 4 is 0 Å². The van der Waals surface area contributed by atoms with E-state index in [0.717, 1.165) is 6.07 Å². The van der Waals surface area contributed by atoms with E-state index in [1.165, 1.54) is 12.3 Å². The van der Waals surface area contributed by atoms with Crippen LogP contribution in [0.4, 0.5) is 8.78 Å². The first-order valence-electron chi connectivity index (χ1n) is 4.87. The molecule has 0 aliphatic rings. The zero-order valence-corrected chi connectivity index (χ0v) is 8.89. The van der Waals surface area contributed by atoms with Crippen LogP contribution in [-0.2, 0) is 0 Å². The van der Waals surface area contributed by atoms with E-state index < -0.39 is 11.6 Å². The molecule has 0 aliphatic carbocycles. The standard InChI is InChI=1S/C12H14F2O/c1-4-8(3)11-10(15-5-2)7-6-9(13)12(11)14/h5-8H,2,4H2,1,3H3. The van der Waals surface area contributed by atoms with Gasteiger partial charge < -0.3 is 4.74 Å². The average molecular weight is 212 g/mol. The Hall–Kier alpha value is -1.38. The zero-order valence-electron chi connectivity index (χ0n) is 8.89. The Morgan fingerprint density at radius 2 is 2.13 bits per heavy atom. The van der Waals surface area contributed by atoms with Gasteiger partial charge in [0.1, 0.15) is 5.75 Å². The maximum atomic E-state index is 13.5. The zero-order chi connectivity index (χ0) is 11.4. The van der Waals surface area contributed by atoms with Crippen LogP contribution in [0.2, 0.25) is 0 Å². The maximum Gasteiger partial charge on any atom is 0.165 e. The summed E-state index contributed by atoms with van der Waals surface area (Å²) in [6, 6.07) is 2.47. The van der Waals surface area contributed by atoms with Crippen molar-refractivity contribution in [2.75, 3.05) is 0 Å². The van der Waals surface area contributed by atoms with Crippen molar-refractivity contribution in [2.24, 2.45) is 0 Å². The van der Waals surface area contributed by atoms with Crippen LogP contribution in [0.5, 0.6) is 5.75 Å². The van der Waals surface area contributed by atoms with E-state index in [2.05, 4.69) is 6.58 Å². The topological polar surface area (TPSA) is 9.23 Å². The van der Waals surface area contributed by atoms with Crippen molar-refractivity contribution in [1.29, 1.82) is 0 Å². The summed E-state index contributed by atoms with van der Waals surface area (Å²) in [5.74, 6) is -1.43. The molecule has 1 rings (SSSR count). The fourth-order valence-electron chi connectivity index (χ4n) is 1.40. The van der Waals surface area contributed by atoms with Crippen molar-refractivity contribution < 1.29 is 13.5 Å². The average Bonchev–Trinajstić information content (AvgIpc) is 2.23. The second-order valence-corrected chi connectivity index (χ2v) is 3.37. The van der Waals surface area contributed by atoms with Crippen LogP contribution < -0.4 is 4.74 Å². The molecule has 1 aromatic rings. The lowest BCUT2D eigenvalue weighted by atomic mass is 9.97. The highest BCUT2D eigenvalue weighted by Crippen LogP contribution is 2.32. The van der Waals surface area contributed by atoms with Gasteiger partial charge in [0.05, 0.1) is 6.26 Å². The first-order valence-corrected chi connectivity index (χ1v) is 4.87. The summed E-state index contributed by atoms with van der Waals surface area (Å²) < 4.78 is 31.6. The molecule has 82 valence electrons. The highest BCUT2D eigenvalue weighted by molar-refractivity contribution is 5.38. The maximum absolute atomic E-state index is 13.5. The number of rotatable bonds is 4. The predicted molar refractivity (Wildman–Crippen MR) is 55.9 cm³/mol. The minimum absolute atomic E-state index is 0.0874. The summed E-state index contributed by atoms with van der Waals surface area (Å²) in [4.78, 5) is 0. The molecule has 0 saturated heterocycles. The van der Waals surface area contributed by atoms with Crippen molar-refractivity contribution in [2.45, 2.75) is 26.2 Å². The Morgan fingerprint density at radius 3 is 2.67 bits per heavy atom. The van der Waals surface area contributed by atoms with Gasteiger partial charge in [0, 0.05) is 5.56 Å². The van der Waals surface area contributed by atoms with Crippen LogP contribution in [-0.4, -0.2) is 0 Å². The third-order valence-corrected chi connectivity index (χ3v) is 2.41. The van der Waals surface area contributed by atoms with Gasteiger partial charge in [0.2, 0.25) is 0 Å². The molecule has 0 bridgehead atoms. The van der Waals surface area contributed by atoms with Gasteiger partial charge in [-0.2, -0.15) is 0 Å². The number of benzene rings is 1. The minimum Gasteiger partial charge on any atom is -0.465 e. The minimum atomic E-state index is -0.846. The highest BCUT2D eigenvalue weighted by Gasteiger charge is 2.18. The smallest absolute Gasteiger partial charge is 0.165 e. The molecule has 0 aliphatic heterocycles. The van der Waals surface area contributed by atoms with Crippen LogP contribution in [0.3, 0.4) is 0 Å². The number of hydrogen-bond donors (Lipinski definition) is 0. The first-order chi connectivity index (χ1) is 7.11. The van der Waals surface area contributed by atoms with Crippen molar-refractivity contribution in [3.63, 3.8) is 0 Å². The second-order valence-electron chi connectivity index (χ2n) is 3.37. The molecule has 0 radical (unpaired) electrons. The molecule has 15 heavy (non-hydrogen) atoms. The summed E-state index contributed by atoms with van der Waals surface area (Å²) >= 11 is 0. The van der Waals surface area contributed by atoms with Gasteiger partial charge in [-0.25, -0.2) is 8.78 Å². The molecule has 0 saturated carbocycles. The van der Waals surface area contributed by atoms with E-state index in [1.807, 2.05) is 13.8 Å². The Morgan fingerprint density at radius 1 is 1.47 bits per heavy atom. The fourth-order valence-corrected chi connectivity index (χ4v) is 1.40. The number of hydrogen-bond acceptors (Lipinski definition) is 1. The second kappa shape index (κ2) is 4.91. The Kier molecular flexibility index (Phi) is 3.83. The number of halogens is 2. The third-order valence-electron chi connectivity index (χ3n) is 2.41. The molecule has 3 heteroatoms. The summed E-state index contributed by atoms with van der Waals surface area (Å²) in [7, 11) is 0. The van der Waals surface area contributed by atoms with E-state index in [9.17, 15) is 8.78 Å². The van der Waals surface area contributed by atoms with Gasteiger partial charge in [0.25, 0.3) is 0 Å². The van der Waals surface area contributed by atoms with Gasteiger partial charge in [-0.05, 0) is 24.5 Å². The predicted octanol–water partition coefficient (Wildman–Crippen LogP) is 4.00. The van der Waals surface area contributed by atoms with Crippen molar-refractivity contribution in [1.82, 2.24) is 0 Å². The van der Waals surface area contributed by atoms with Crippen molar-refractivity contribution in [3.8, 4) is 5.75 Å².